The maximum atomic E-state index is 13.1. The second-order valence-electron chi connectivity index (χ2n) is 18.9. The molecule has 1 heterocycles. The minimum atomic E-state index is -2.84. The summed E-state index contributed by atoms with van der Waals surface area (Å²) in [5.41, 5.74) is 0.107. The SMILES string of the molecule is CC(C)(CC(=O)O)CC(=O)OC1CCC2(C)C(CCC3(C)C4CCC5(NCCN6CCS(=O)(=O)CC6)CCCC5C4CCC32)C1(C)C. The Hall–Kier alpha value is -1.19. The number of ether oxygens (including phenoxy) is 1. The van der Waals surface area contributed by atoms with Gasteiger partial charge in [0, 0.05) is 37.1 Å². The summed E-state index contributed by atoms with van der Waals surface area (Å²) in [6.45, 7) is 16.9. The van der Waals surface area contributed by atoms with Crippen molar-refractivity contribution in [3.05, 3.63) is 0 Å². The Labute approximate surface area is 284 Å². The molecule has 47 heavy (non-hydrogen) atoms. The molecule has 9 heteroatoms. The van der Waals surface area contributed by atoms with Crippen LogP contribution in [0, 0.1) is 51.2 Å². The van der Waals surface area contributed by atoms with Crippen LogP contribution in [-0.2, 0) is 24.2 Å². The van der Waals surface area contributed by atoms with Gasteiger partial charge in [0.2, 0.25) is 0 Å². The van der Waals surface area contributed by atoms with Crippen LogP contribution in [-0.4, -0.2) is 79.7 Å². The van der Waals surface area contributed by atoms with Crippen LogP contribution in [0.3, 0.4) is 0 Å². The molecule has 0 amide bonds. The van der Waals surface area contributed by atoms with Crippen LogP contribution in [0.25, 0.3) is 0 Å². The Balaban J connectivity index is 1.11. The lowest BCUT2D eigenvalue weighted by molar-refractivity contribution is -0.220. The molecule has 268 valence electrons. The quantitative estimate of drug-likeness (QED) is 0.273. The zero-order valence-electron chi connectivity index (χ0n) is 30.2. The zero-order valence-corrected chi connectivity index (χ0v) is 31.1. The molecule has 6 aliphatic rings. The number of carboxylic acids is 1. The lowest BCUT2D eigenvalue weighted by Gasteiger charge is -2.69. The summed E-state index contributed by atoms with van der Waals surface area (Å²) < 4.78 is 30.0. The lowest BCUT2D eigenvalue weighted by atomic mass is 9.36. The number of rotatable bonds is 9. The van der Waals surface area contributed by atoms with Crippen molar-refractivity contribution in [2.75, 3.05) is 37.7 Å². The molecule has 0 bridgehead atoms. The first-order valence-corrected chi connectivity index (χ1v) is 20.8. The van der Waals surface area contributed by atoms with E-state index < -0.39 is 21.2 Å². The number of carbonyl (C=O) groups is 2. The number of fused-ring (bicyclic) bond motifs is 7. The van der Waals surface area contributed by atoms with Crippen molar-refractivity contribution in [1.29, 1.82) is 0 Å². The number of esters is 1. The molecule has 0 spiro atoms. The van der Waals surface area contributed by atoms with Gasteiger partial charge >= 0.3 is 11.9 Å². The Bertz CT molecular complexity index is 1300. The fraction of sp³-hybridized carbons (Fsp3) is 0.947. The van der Waals surface area contributed by atoms with Gasteiger partial charge in [-0.3, -0.25) is 9.59 Å². The van der Waals surface area contributed by atoms with Crippen molar-refractivity contribution in [2.24, 2.45) is 51.2 Å². The monoisotopic (exact) mass is 676 g/mol. The predicted molar refractivity (Wildman–Crippen MR) is 185 cm³/mol. The van der Waals surface area contributed by atoms with E-state index in [4.69, 9.17) is 4.74 Å². The van der Waals surface area contributed by atoms with Gasteiger partial charge in [0.05, 0.1) is 24.3 Å². The van der Waals surface area contributed by atoms with E-state index in [0.29, 0.717) is 41.8 Å². The fourth-order valence-electron chi connectivity index (χ4n) is 13.2. The Morgan fingerprint density at radius 1 is 0.851 bits per heavy atom. The average Bonchev–Trinajstić information content (AvgIpc) is 3.39. The number of hydrogen-bond donors (Lipinski definition) is 2. The van der Waals surface area contributed by atoms with Gasteiger partial charge in [-0.2, -0.15) is 0 Å². The minimum Gasteiger partial charge on any atom is -0.481 e. The molecule has 0 aromatic rings. The Morgan fingerprint density at radius 3 is 2.26 bits per heavy atom. The van der Waals surface area contributed by atoms with Crippen molar-refractivity contribution in [3.63, 3.8) is 0 Å². The molecule has 1 aliphatic heterocycles. The van der Waals surface area contributed by atoms with E-state index in [1.165, 1.54) is 57.8 Å². The molecule has 5 saturated carbocycles. The molecule has 5 aliphatic carbocycles. The molecule has 0 aromatic carbocycles. The fourth-order valence-corrected chi connectivity index (χ4v) is 14.5. The van der Waals surface area contributed by atoms with Crippen LogP contribution in [0.5, 0.6) is 0 Å². The van der Waals surface area contributed by atoms with E-state index in [0.717, 1.165) is 43.7 Å². The molecule has 8 nitrogen and oxygen atoms in total. The number of carbonyl (C=O) groups excluding carboxylic acids is 1. The van der Waals surface area contributed by atoms with E-state index in [1.807, 2.05) is 13.8 Å². The Kier molecular flexibility index (Phi) is 9.51. The third-order valence-corrected chi connectivity index (χ3v) is 16.9. The van der Waals surface area contributed by atoms with Gasteiger partial charge in [-0.05, 0) is 110 Å². The summed E-state index contributed by atoms with van der Waals surface area (Å²) in [5, 5.41) is 13.4. The summed E-state index contributed by atoms with van der Waals surface area (Å²) in [6.07, 6.45) is 13.6. The normalized spacial score (nSPS) is 42.8. The molecular formula is C38H64N2O6S. The van der Waals surface area contributed by atoms with Crippen LogP contribution in [0.2, 0.25) is 0 Å². The van der Waals surface area contributed by atoms with E-state index in [1.54, 1.807) is 0 Å². The standard InChI is InChI=1S/C38H64N2O6S/c1-34(2,24-32(41)42)25-33(43)46-31-13-16-37(6)29(35(31,3)4)12-15-36(5)27-11-17-38(14-7-8-28(38)26(27)9-10-30(36)37)39-18-19-40-20-22-47(44,45)23-21-40/h26-31,39H,7-25H2,1-6H3,(H,41,42). The summed E-state index contributed by atoms with van der Waals surface area (Å²) >= 11 is 0. The smallest absolute Gasteiger partial charge is 0.306 e. The Morgan fingerprint density at radius 2 is 1.55 bits per heavy atom. The van der Waals surface area contributed by atoms with Gasteiger partial charge in [0.15, 0.2) is 9.84 Å². The second kappa shape index (κ2) is 12.5. The van der Waals surface area contributed by atoms with Gasteiger partial charge in [-0.1, -0.05) is 48.0 Å². The van der Waals surface area contributed by atoms with E-state index in [2.05, 4.69) is 37.9 Å². The first kappa shape index (κ1) is 35.6. The molecule has 2 N–H and O–H groups in total. The molecule has 0 aromatic heterocycles. The van der Waals surface area contributed by atoms with Gasteiger partial charge in [0.1, 0.15) is 6.10 Å². The van der Waals surface area contributed by atoms with Crippen LogP contribution < -0.4 is 5.32 Å². The maximum Gasteiger partial charge on any atom is 0.306 e. The molecule has 1 saturated heterocycles. The average molecular weight is 677 g/mol. The topological polar surface area (TPSA) is 113 Å². The zero-order chi connectivity index (χ0) is 34.0. The van der Waals surface area contributed by atoms with Crippen LogP contribution in [0.15, 0.2) is 0 Å². The van der Waals surface area contributed by atoms with Crippen molar-refractivity contribution in [3.8, 4) is 0 Å². The van der Waals surface area contributed by atoms with Gasteiger partial charge in [-0.15, -0.1) is 0 Å². The van der Waals surface area contributed by atoms with E-state index in [-0.39, 0.29) is 41.3 Å². The third-order valence-electron chi connectivity index (χ3n) is 15.3. The highest BCUT2D eigenvalue weighted by Crippen LogP contribution is 2.72. The van der Waals surface area contributed by atoms with Crippen molar-refractivity contribution < 1.29 is 27.9 Å². The summed E-state index contributed by atoms with van der Waals surface area (Å²) in [4.78, 5) is 26.8. The van der Waals surface area contributed by atoms with Gasteiger partial charge in [0.25, 0.3) is 0 Å². The maximum absolute atomic E-state index is 13.1. The lowest BCUT2D eigenvalue weighted by Crippen LogP contribution is -2.65. The molecule has 0 radical (unpaired) electrons. The number of nitrogens with one attached hydrogen (secondary N) is 1. The number of nitrogens with zero attached hydrogens (tertiary/aromatic N) is 1. The molecule has 6 fully saturated rings. The van der Waals surface area contributed by atoms with Crippen molar-refractivity contribution in [1.82, 2.24) is 10.2 Å². The third kappa shape index (κ3) is 6.57. The molecular weight excluding hydrogens is 612 g/mol. The van der Waals surface area contributed by atoms with Crippen LogP contribution >= 0.6 is 0 Å². The first-order valence-electron chi connectivity index (χ1n) is 19.0. The van der Waals surface area contributed by atoms with Gasteiger partial charge < -0.3 is 20.1 Å². The van der Waals surface area contributed by atoms with E-state index >= 15 is 0 Å². The van der Waals surface area contributed by atoms with Crippen LogP contribution in [0.1, 0.15) is 125 Å². The summed E-state index contributed by atoms with van der Waals surface area (Å²) in [7, 11) is -2.84. The number of hydrogen-bond acceptors (Lipinski definition) is 7. The molecule has 9 unspecified atom stereocenters. The summed E-state index contributed by atoms with van der Waals surface area (Å²) in [6, 6.07) is 0. The minimum absolute atomic E-state index is 0.0375. The number of sulfone groups is 1. The van der Waals surface area contributed by atoms with Gasteiger partial charge in [-0.25, -0.2) is 8.42 Å². The first-order chi connectivity index (χ1) is 21.9. The molecule has 9 atom stereocenters. The highest BCUT2D eigenvalue weighted by molar-refractivity contribution is 7.91. The summed E-state index contributed by atoms with van der Waals surface area (Å²) in [5.74, 6) is 3.00. The number of carboxylic acid groups (broad SMARTS) is 1. The van der Waals surface area contributed by atoms with E-state index in [9.17, 15) is 23.1 Å². The van der Waals surface area contributed by atoms with Crippen LogP contribution in [0.4, 0.5) is 0 Å². The highest BCUT2D eigenvalue weighted by atomic mass is 32.2. The second-order valence-corrected chi connectivity index (χ2v) is 21.2. The number of aliphatic carboxylic acids is 1. The molecule has 6 rings (SSSR count). The van der Waals surface area contributed by atoms with Crippen molar-refractivity contribution >= 4 is 21.8 Å². The largest absolute Gasteiger partial charge is 0.481 e. The highest BCUT2D eigenvalue weighted by Gasteiger charge is 2.66. The predicted octanol–water partition coefficient (Wildman–Crippen LogP) is 6.33. The van der Waals surface area contributed by atoms with Crippen molar-refractivity contribution in [2.45, 2.75) is 137 Å².